The topological polar surface area (TPSA) is 179 Å². The Kier molecular flexibility index (Phi) is 15.0. The van der Waals surface area contributed by atoms with Gasteiger partial charge in [-0.05, 0) is 116 Å². The van der Waals surface area contributed by atoms with Gasteiger partial charge in [-0.15, -0.1) is 11.3 Å². The second kappa shape index (κ2) is 21.1. The Morgan fingerprint density at radius 2 is 1.68 bits per heavy atom. The highest BCUT2D eigenvalue weighted by molar-refractivity contribution is 7.13. The first kappa shape index (κ1) is 51.3. The average molecular weight is 999 g/mol. The molecule has 4 fully saturated rings. The van der Waals surface area contributed by atoms with E-state index in [0.717, 1.165) is 102 Å². The smallest absolute Gasteiger partial charge is 0.246 e. The Hall–Kier alpha value is -5.60. The highest BCUT2D eigenvalue weighted by Gasteiger charge is 2.61. The Labute approximate surface area is 428 Å². The first-order chi connectivity index (χ1) is 34.4. The molecule has 0 bridgehead atoms. The summed E-state index contributed by atoms with van der Waals surface area (Å²) >= 11 is 1.58. The number of hydrogen-bond donors (Lipinski definition) is 5. The monoisotopic (exact) mass is 999 g/mol. The van der Waals surface area contributed by atoms with Crippen molar-refractivity contribution in [3.8, 4) is 16.2 Å². The van der Waals surface area contributed by atoms with E-state index >= 15 is 0 Å². The summed E-state index contributed by atoms with van der Waals surface area (Å²) in [4.78, 5) is 74.4. The molecule has 13 nitrogen and oxygen atoms in total. The van der Waals surface area contributed by atoms with Crippen molar-refractivity contribution in [2.24, 2.45) is 39.9 Å². The molecule has 1 saturated heterocycles. The number of carbonyl (C=O) groups is 5. The first-order valence-electron chi connectivity index (χ1n) is 26.4. The van der Waals surface area contributed by atoms with E-state index in [9.17, 15) is 29.1 Å². The van der Waals surface area contributed by atoms with E-state index in [1.54, 1.807) is 17.4 Å². The number of fused-ring (bicyclic) bond motifs is 6. The van der Waals surface area contributed by atoms with Gasteiger partial charge in [0.15, 0.2) is 0 Å². The third kappa shape index (κ3) is 10.4. The van der Waals surface area contributed by atoms with E-state index in [1.165, 1.54) is 4.90 Å². The summed E-state index contributed by atoms with van der Waals surface area (Å²) in [5.41, 5.74) is 4.83. The molecular formula is C58H74N6O7S. The molecule has 5 aliphatic rings. The molecule has 72 heavy (non-hydrogen) atoms. The van der Waals surface area contributed by atoms with Crippen LogP contribution in [-0.4, -0.2) is 81.9 Å². The maximum Gasteiger partial charge on any atom is 0.246 e. The number of β-amino-alcohol motifs (C(OH)–C–C–N with tert-alkyl or cyclic N) is 1. The zero-order valence-electron chi connectivity index (χ0n) is 42.9. The van der Waals surface area contributed by atoms with Gasteiger partial charge >= 0.3 is 0 Å². The van der Waals surface area contributed by atoms with Crippen molar-refractivity contribution in [3.63, 3.8) is 0 Å². The molecule has 10 atom stereocenters. The first-order valence-corrected chi connectivity index (χ1v) is 27.3. The SMILES string of the molecule is Cc1ncsc1-c1ccc(CNC(=O)[C@@H]2C[C@@H](O)CN2C(=O)[C@@H](NC(=O)CCCCCCOc2cccc3c(NC(=O)[C@H]4CC[C@H]5[C@@H]6CC[C@H]7NC(=O)C=C[C@]7(C)[C@H]6CC[C@]45C)cccc23)C(C)(C)C)cc1. The normalized spacial score (nSPS) is 28.1. The van der Waals surface area contributed by atoms with Crippen LogP contribution in [0.5, 0.6) is 5.75 Å². The van der Waals surface area contributed by atoms with Crippen LogP contribution in [0.15, 0.2) is 78.3 Å². The molecule has 3 saturated carbocycles. The number of thiazole rings is 1. The van der Waals surface area contributed by atoms with Crippen LogP contribution in [0, 0.1) is 46.8 Å². The molecule has 0 spiro atoms. The number of amides is 5. The molecule has 384 valence electrons. The molecule has 5 N–H and O–H groups in total. The summed E-state index contributed by atoms with van der Waals surface area (Å²) in [6.45, 7) is 13.1. The summed E-state index contributed by atoms with van der Waals surface area (Å²) in [5, 5.41) is 25.1. The number of aryl methyl sites for hydroxylation is 1. The Morgan fingerprint density at radius 1 is 0.917 bits per heavy atom. The fourth-order valence-corrected chi connectivity index (χ4v) is 14.2. The third-order valence-corrected chi connectivity index (χ3v) is 18.4. The van der Waals surface area contributed by atoms with E-state index in [2.05, 4.69) is 46.2 Å². The van der Waals surface area contributed by atoms with Gasteiger partial charge in [0.2, 0.25) is 29.5 Å². The number of hydrogen-bond acceptors (Lipinski definition) is 9. The van der Waals surface area contributed by atoms with E-state index in [1.807, 2.05) is 93.9 Å². The predicted molar refractivity (Wildman–Crippen MR) is 282 cm³/mol. The predicted octanol–water partition coefficient (Wildman–Crippen LogP) is 9.26. The van der Waals surface area contributed by atoms with Crippen LogP contribution in [0.25, 0.3) is 21.2 Å². The number of benzene rings is 3. The maximum absolute atomic E-state index is 14.3. The van der Waals surface area contributed by atoms with Gasteiger partial charge in [0, 0.05) is 59.8 Å². The molecule has 3 heterocycles. The highest BCUT2D eigenvalue weighted by Crippen LogP contribution is 2.65. The van der Waals surface area contributed by atoms with Crippen LogP contribution in [0.4, 0.5) is 5.69 Å². The molecule has 3 aliphatic carbocycles. The molecule has 9 rings (SSSR count). The number of aliphatic hydroxyl groups is 1. The fraction of sp³-hybridized carbons (Fsp3) is 0.552. The lowest BCUT2D eigenvalue weighted by Crippen LogP contribution is -2.59. The van der Waals surface area contributed by atoms with Crippen LogP contribution >= 0.6 is 11.3 Å². The number of nitrogens with one attached hydrogen (secondary N) is 4. The van der Waals surface area contributed by atoms with Crippen LogP contribution in [-0.2, 0) is 30.5 Å². The van der Waals surface area contributed by atoms with Gasteiger partial charge in [-0.3, -0.25) is 24.0 Å². The number of likely N-dealkylation sites (tertiary alicyclic amines) is 1. The fourth-order valence-electron chi connectivity index (χ4n) is 13.4. The number of carbonyl (C=O) groups excluding carboxylic acids is 5. The number of anilines is 1. The number of nitrogens with zero attached hydrogens (tertiary/aromatic N) is 2. The minimum atomic E-state index is -0.879. The van der Waals surface area contributed by atoms with E-state index in [-0.39, 0.29) is 78.3 Å². The van der Waals surface area contributed by atoms with Crippen molar-refractivity contribution in [2.45, 2.75) is 149 Å². The van der Waals surface area contributed by atoms with Crippen LogP contribution in [0.2, 0.25) is 0 Å². The van der Waals surface area contributed by atoms with E-state index < -0.39 is 23.6 Å². The number of aliphatic hydroxyl groups excluding tert-OH is 1. The standard InChI is InChI=1S/C58H74N6O7S/c1-35-51(72-34-60-35)37-20-18-36(19-21-37)32-59-54(69)46-31-38(65)33-64(46)55(70)52(56(2,3)4)63-49(66)17-9-7-8-10-30-71-47-16-12-13-39-40(47)14-11-15-45(39)61-53(68)44-24-23-42-41-22-25-48-58(6,29-27-50(67)62-48)43(41)26-28-57(42,44)5/h11-16,18-21,27,29,34,38,41-44,46,48,52,65H,7-10,17,22-26,28,30-33H2,1-6H3,(H,59,69)(H,61,68)(H,62,67)(H,63,66)/t38-,41+,42+,43+,44-,46+,48-,52-,57+,58-/m1/s1. The number of aromatic nitrogens is 1. The molecule has 2 aliphatic heterocycles. The molecule has 14 heteroatoms. The molecule has 1 aromatic heterocycles. The number of rotatable bonds is 16. The largest absolute Gasteiger partial charge is 0.493 e. The van der Waals surface area contributed by atoms with Gasteiger partial charge in [0.1, 0.15) is 17.8 Å². The summed E-state index contributed by atoms with van der Waals surface area (Å²) < 4.78 is 6.34. The van der Waals surface area contributed by atoms with Crippen molar-refractivity contribution in [1.29, 1.82) is 0 Å². The summed E-state index contributed by atoms with van der Waals surface area (Å²) in [5.74, 6) is 1.45. The lowest BCUT2D eigenvalue weighted by Gasteiger charge is -2.58. The Balaban J connectivity index is 0.723. The second-order valence-electron chi connectivity index (χ2n) is 23.0. The van der Waals surface area contributed by atoms with Crippen molar-refractivity contribution >= 4 is 57.3 Å². The minimum Gasteiger partial charge on any atom is -0.493 e. The number of ether oxygens (including phenoxy) is 1. The summed E-state index contributed by atoms with van der Waals surface area (Å²) in [7, 11) is 0. The quantitative estimate of drug-likeness (QED) is 0.0690. The molecule has 0 radical (unpaired) electrons. The van der Waals surface area contributed by atoms with E-state index in [0.29, 0.717) is 30.8 Å². The second-order valence-corrected chi connectivity index (χ2v) is 23.8. The van der Waals surface area contributed by atoms with Gasteiger partial charge in [0.25, 0.3) is 0 Å². The van der Waals surface area contributed by atoms with Crippen molar-refractivity contribution in [3.05, 3.63) is 89.6 Å². The van der Waals surface area contributed by atoms with Gasteiger partial charge in [0.05, 0.1) is 28.8 Å². The molecule has 5 amide bonds. The van der Waals surface area contributed by atoms with Crippen LogP contribution < -0.4 is 26.0 Å². The zero-order valence-corrected chi connectivity index (χ0v) is 43.7. The molecule has 4 aromatic rings. The highest BCUT2D eigenvalue weighted by atomic mass is 32.1. The number of unbranched alkanes of at least 4 members (excludes halogenated alkanes) is 3. The Morgan fingerprint density at radius 3 is 2.44 bits per heavy atom. The molecular weight excluding hydrogens is 925 g/mol. The van der Waals surface area contributed by atoms with Crippen LogP contribution in [0.3, 0.4) is 0 Å². The van der Waals surface area contributed by atoms with Gasteiger partial charge in [-0.1, -0.05) is 102 Å². The zero-order chi connectivity index (χ0) is 51.0. The van der Waals surface area contributed by atoms with Gasteiger partial charge < -0.3 is 36.0 Å². The lowest BCUT2D eigenvalue weighted by atomic mass is 9.48. The minimum absolute atomic E-state index is 0.0199. The van der Waals surface area contributed by atoms with Gasteiger partial charge in [-0.2, -0.15) is 0 Å². The maximum atomic E-state index is 14.3. The molecule has 0 unspecified atom stereocenters. The van der Waals surface area contributed by atoms with Crippen molar-refractivity contribution in [1.82, 2.24) is 25.8 Å². The molecule has 3 aromatic carbocycles. The van der Waals surface area contributed by atoms with Crippen molar-refractivity contribution < 1.29 is 33.8 Å². The van der Waals surface area contributed by atoms with Gasteiger partial charge in [-0.25, -0.2) is 4.98 Å². The summed E-state index contributed by atoms with van der Waals surface area (Å²) in [6, 6.07) is 18.4. The van der Waals surface area contributed by atoms with Crippen LogP contribution in [0.1, 0.15) is 123 Å². The lowest BCUT2D eigenvalue weighted by molar-refractivity contribution is -0.144. The average Bonchev–Trinajstić information content (AvgIpc) is 4.08. The third-order valence-electron chi connectivity index (χ3n) is 17.4. The summed E-state index contributed by atoms with van der Waals surface area (Å²) in [6.07, 6.45) is 12.7. The van der Waals surface area contributed by atoms with E-state index in [4.69, 9.17) is 4.74 Å². The Bertz CT molecular complexity index is 2700. The van der Waals surface area contributed by atoms with Crippen molar-refractivity contribution in [2.75, 3.05) is 18.5 Å².